The summed E-state index contributed by atoms with van der Waals surface area (Å²) in [7, 11) is 1.54. The zero-order valence-corrected chi connectivity index (χ0v) is 20.3. The van der Waals surface area contributed by atoms with Crippen LogP contribution >= 0.6 is 23.4 Å². The number of benzene rings is 4. The van der Waals surface area contributed by atoms with E-state index in [2.05, 4.69) is 17.4 Å². The van der Waals surface area contributed by atoms with Crippen LogP contribution in [-0.4, -0.2) is 13.4 Å². The Bertz CT molecular complexity index is 1310. The van der Waals surface area contributed by atoms with Crippen LogP contribution in [0.2, 0.25) is 5.02 Å². The minimum Gasteiger partial charge on any atom is -0.495 e. The van der Waals surface area contributed by atoms with Gasteiger partial charge in [-0.15, -0.1) is 11.8 Å². The molecular weight excluding hydrogens is 469 g/mol. The van der Waals surface area contributed by atoms with E-state index in [-0.39, 0.29) is 5.82 Å². The molecule has 4 aromatic carbocycles. The number of hydrogen-bond acceptors (Lipinski definition) is 4. The Hall–Kier alpha value is -3.28. The number of aldehydes is 1. The van der Waals surface area contributed by atoms with Crippen LogP contribution in [0.25, 0.3) is 11.1 Å². The number of ether oxygens (including phenoxy) is 1. The molecule has 0 aliphatic heterocycles. The van der Waals surface area contributed by atoms with Gasteiger partial charge < -0.3 is 10.1 Å². The van der Waals surface area contributed by atoms with Crippen LogP contribution in [-0.2, 0) is 5.75 Å². The van der Waals surface area contributed by atoms with Crippen LogP contribution in [0.1, 0.15) is 21.5 Å². The maximum atomic E-state index is 15.4. The van der Waals surface area contributed by atoms with Crippen molar-refractivity contribution < 1.29 is 13.9 Å². The fourth-order valence-corrected chi connectivity index (χ4v) is 4.66. The summed E-state index contributed by atoms with van der Waals surface area (Å²) in [6.45, 7) is 1.68. The molecule has 0 aromatic heterocycles. The molecule has 0 spiro atoms. The lowest BCUT2D eigenvalue weighted by Crippen LogP contribution is -2.03. The first-order valence-corrected chi connectivity index (χ1v) is 12.0. The average Bonchev–Trinajstić information content (AvgIpc) is 2.87. The predicted octanol–water partition coefficient (Wildman–Crippen LogP) is 8.31. The maximum absolute atomic E-state index is 15.4. The van der Waals surface area contributed by atoms with Gasteiger partial charge in [-0.3, -0.25) is 4.79 Å². The molecule has 34 heavy (non-hydrogen) atoms. The van der Waals surface area contributed by atoms with E-state index in [0.29, 0.717) is 44.4 Å². The fraction of sp³-hybridized carbons (Fsp3) is 0.107. The van der Waals surface area contributed by atoms with Crippen molar-refractivity contribution >= 4 is 41.0 Å². The number of nitrogens with one attached hydrogen (secondary N) is 1. The highest BCUT2D eigenvalue weighted by molar-refractivity contribution is 7.98. The average molecular weight is 492 g/mol. The molecule has 0 heterocycles. The summed E-state index contributed by atoms with van der Waals surface area (Å²) in [5.41, 5.74) is 4.26. The van der Waals surface area contributed by atoms with Gasteiger partial charge in [0.05, 0.1) is 12.8 Å². The van der Waals surface area contributed by atoms with Crippen LogP contribution in [0, 0.1) is 12.7 Å². The zero-order valence-electron chi connectivity index (χ0n) is 18.8. The molecule has 0 aliphatic rings. The second-order valence-electron chi connectivity index (χ2n) is 7.71. The van der Waals surface area contributed by atoms with E-state index in [9.17, 15) is 4.79 Å². The largest absolute Gasteiger partial charge is 0.495 e. The third kappa shape index (κ3) is 5.27. The van der Waals surface area contributed by atoms with Gasteiger partial charge in [0, 0.05) is 38.0 Å². The maximum Gasteiger partial charge on any atom is 0.152 e. The smallest absolute Gasteiger partial charge is 0.152 e. The minimum atomic E-state index is -0.367. The first-order chi connectivity index (χ1) is 16.5. The number of carbonyl (C=O) groups excluding carboxylic acids is 1. The van der Waals surface area contributed by atoms with E-state index in [1.807, 2.05) is 36.4 Å². The highest BCUT2D eigenvalue weighted by atomic mass is 35.5. The van der Waals surface area contributed by atoms with Crippen molar-refractivity contribution in [1.29, 1.82) is 0 Å². The van der Waals surface area contributed by atoms with Crippen molar-refractivity contribution in [3.63, 3.8) is 0 Å². The van der Waals surface area contributed by atoms with Crippen LogP contribution < -0.4 is 10.1 Å². The monoisotopic (exact) mass is 491 g/mol. The van der Waals surface area contributed by atoms with Gasteiger partial charge in [0.2, 0.25) is 0 Å². The van der Waals surface area contributed by atoms with Gasteiger partial charge in [-0.05, 0) is 54.4 Å². The summed E-state index contributed by atoms with van der Waals surface area (Å²) in [6, 6.07) is 24.4. The number of methoxy groups -OCH3 is 1. The van der Waals surface area contributed by atoms with Crippen molar-refractivity contribution in [2.45, 2.75) is 17.6 Å². The number of carbonyl (C=O) groups is 1. The number of halogens is 2. The van der Waals surface area contributed by atoms with Crippen LogP contribution in [0.4, 0.5) is 15.8 Å². The van der Waals surface area contributed by atoms with Gasteiger partial charge in [-0.25, -0.2) is 4.39 Å². The second-order valence-corrected chi connectivity index (χ2v) is 9.20. The van der Waals surface area contributed by atoms with Crippen molar-refractivity contribution in [3.05, 3.63) is 106 Å². The van der Waals surface area contributed by atoms with Crippen molar-refractivity contribution in [1.82, 2.24) is 0 Å². The van der Waals surface area contributed by atoms with E-state index in [0.717, 1.165) is 16.9 Å². The van der Waals surface area contributed by atoms with Gasteiger partial charge >= 0.3 is 0 Å². The predicted molar refractivity (Wildman–Crippen MR) is 139 cm³/mol. The number of rotatable bonds is 8. The Morgan fingerprint density at radius 3 is 2.44 bits per heavy atom. The van der Waals surface area contributed by atoms with Crippen molar-refractivity contribution in [2.24, 2.45) is 0 Å². The molecule has 0 amide bonds. The summed E-state index contributed by atoms with van der Waals surface area (Å²) in [4.78, 5) is 12.8. The number of anilines is 2. The van der Waals surface area contributed by atoms with Gasteiger partial charge in [0.25, 0.3) is 0 Å². The first kappa shape index (κ1) is 23.9. The number of thioether (sulfide) groups is 1. The van der Waals surface area contributed by atoms with E-state index in [1.165, 1.54) is 12.7 Å². The molecule has 3 nitrogen and oxygen atoms in total. The lowest BCUT2D eigenvalue weighted by Gasteiger charge is -2.18. The molecule has 6 heteroatoms. The molecule has 0 saturated carbocycles. The van der Waals surface area contributed by atoms with Crippen molar-refractivity contribution in [2.75, 3.05) is 12.4 Å². The van der Waals surface area contributed by atoms with Gasteiger partial charge in [-0.1, -0.05) is 54.1 Å². The molecule has 4 rings (SSSR count). The van der Waals surface area contributed by atoms with E-state index in [4.69, 9.17) is 16.3 Å². The molecule has 0 bridgehead atoms. The third-order valence-electron chi connectivity index (χ3n) is 5.50. The molecule has 1 N–H and O–H groups in total. The lowest BCUT2D eigenvalue weighted by molar-refractivity contribution is 0.112. The molecule has 172 valence electrons. The lowest BCUT2D eigenvalue weighted by atomic mass is 10.00. The molecule has 0 atom stereocenters. The normalized spacial score (nSPS) is 10.7. The Morgan fingerprint density at radius 2 is 1.76 bits per heavy atom. The number of hydrogen-bond donors (Lipinski definition) is 1. The van der Waals surface area contributed by atoms with E-state index >= 15 is 4.39 Å². The van der Waals surface area contributed by atoms with Crippen LogP contribution in [0.15, 0.2) is 83.8 Å². The van der Waals surface area contributed by atoms with Crippen LogP contribution in [0.3, 0.4) is 0 Å². The Kier molecular flexibility index (Phi) is 7.56. The SMILES string of the molecule is COc1cc(-c2ccc(Cl)cc2)c(F)c(C)c1Nc1ccc(SCc2ccccc2)cc1C=O. The minimum absolute atomic E-state index is 0.367. The fourth-order valence-electron chi connectivity index (χ4n) is 3.64. The molecule has 0 radical (unpaired) electrons. The van der Waals surface area contributed by atoms with Gasteiger partial charge in [-0.2, -0.15) is 0 Å². The molecule has 0 unspecified atom stereocenters. The highest BCUT2D eigenvalue weighted by Gasteiger charge is 2.18. The Morgan fingerprint density at radius 1 is 1.03 bits per heavy atom. The Labute approximate surface area is 207 Å². The summed E-state index contributed by atoms with van der Waals surface area (Å²) in [6.07, 6.45) is 0.801. The zero-order chi connectivity index (χ0) is 24.1. The molecule has 4 aromatic rings. The standard InChI is InChI=1S/C28H23ClFNO2S/c1-18-27(30)24(20-8-10-22(29)11-9-20)15-26(33-2)28(18)31-25-13-12-23(14-21(25)16-32)34-17-19-6-4-3-5-7-19/h3-16,31H,17H2,1-2H3. The highest BCUT2D eigenvalue weighted by Crippen LogP contribution is 2.39. The van der Waals surface area contributed by atoms with Gasteiger partial charge in [0.15, 0.2) is 6.29 Å². The second kappa shape index (κ2) is 10.8. The topological polar surface area (TPSA) is 38.3 Å². The van der Waals surface area contributed by atoms with Gasteiger partial charge in [0.1, 0.15) is 11.6 Å². The summed E-state index contributed by atoms with van der Waals surface area (Å²) >= 11 is 7.63. The Balaban J connectivity index is 1.63. The van der Waals surface area contributed by atoms with Crippen LogP contribution in [0.5, 0.6) is 5.75 Å². The molecular formula is C28H23ClFNO2S. The van der Waals surface area contributed by atoms with Crippen molar-refractivity contribution in [3.8, 4) is 16.9 Å². The molecule has 0 saturated heterocycles. The molecule has 0 fully saturated rings. The van der Waals surface area contributed by atoms with E-state index in [1.54, 1.807) is 49.0 Å². The summed E-state index contributed by atoms with van der Waals surface area (Å²) in [5, 5.41) is 3.80. The summed E-state index contributed by atoms with van der Waals surface area (Å²) in [5.74, 6) is 0.910. The molecule has 0 aliphatic carbocycles. The summed E-state index contributed by atoms with van der Waals surface area (Å²) < 4.78 is 21.0. The first-order valence-electron chi connectivity index (χ1n) is 10.7. The van der Waals surface area contributed by atoms with E-state index < -0.39 is 0 Å². The third-order valence-corrected chi connectivity index (χ3v) is 6.81. The quantitative estimate of drug-likeness (QED) is 0.198.